The maximum absolute atomic E-state index is 2.41. The lowest BCUT2D eigenvalue weighted by molar-refractivity contribution is -0.660. The second kappa shape index (κ2) is 27.7. The van der Waals surface area contributed by atoms with Crippen molar-refractivity contribution in [1.82, 2.24) is 0 Å². The molecule has 4 aliphatic rings. The van der Waals surface area contributed by atoms with Crippen molar-refractivity contribution in [2.75, 3.05) is 0 Å². The van der Waals surface area contributed by atoms with E-state index >= 15 is 0 Å². The van der Waals surface area contributed by atoms with Crippen LogP contribution in [0.5, 0.6) is 0 Å². The summed E-state index contributed by atoms with van der Waals surface area (Å²) in [6.07, 6.45) is 15.4. The Hall–Kier alpha value is -9.64. The molecule has 0 amide bonds. The molecule has 4 aliphatic carbocycles. The van der Waals surface area contributed by atoms with Gasteiger partial charge in [-0.15, -0.1) is 0 Å². The van der Waals surface area contributed by atoms with E-state index in [9.17, 15) is 0 Å². The average Bonchev–Trinajstić information content (AvgIpc) is 1.64. The average molecular weight is 1330 g/mol. The predicted octanol–water partition coefficient (Wildman–Crippen LogP) is 21.8. The summed E-state index contributed by atoms with van der Waals surface area (Å²) in [5.74, 6) is 0.541. The first kappa shape index (κ1) is 69.8. The lowest BCUT2D eigenvalue weighted by Gasteiger charge is -2.20. The molecule has 0 bridgehead atoms. The number of aromatic nitrogens is 4. The zero-order chi connectivity index (χ0) is 71.7. The van der Waals surface area contributed by atoms with Crippen LogP contribution in [0, 0.1) is 66.2 Å². The van der Waals surface area contributed by atoms with Gasteiger partial charge in [-0.3, -0.25) is 0 Å². The molecule has 4 aromatic heterocycles. The molecule has 4 heteroatoms. The molecular formula is C97H106N4+4. The van der Waals surface area contributed by atoms with E-state index in [4.69, 9.17) is 0 Å². The first-order chi connectivity index (χ1) is 48.1. The fourth-order valence-corrected chi connectivity index (χ4v) is 16.9. The van der Waals surface area contributed by atoms with Gasteiger partial charge >= 0.3 is 0 Å². The molecule has 12 aromatic rings. The Bertz CT molecular complexity index is 5250. The fourth-order valence-electron chi connectivity index (χ4n) is 16.9. The summed E-state index contributed by atoms with van der Waals surface area (Å²) in [5.41, 5.74) is 49.7. The van der Waals surface area contributed by atoms with E-state index < -0.39 is 0 Å². The minimum absolute atomic E-state index is 0.288. The van der Waals surface area contributed by atoms with E-state index in [1.807, 2.05) is 0 Å². The van der Waals surface area contributed by atoms with Gasteiger partial charge in [-0.25, -0.2) is 18.3 Å². The number of hydrogen-bond acceptors (Lipinski definition) is 0. The molecule has 510 valence electrons. The monoisotopic (exact) mass is 1330 g/mol. The van der Waals surface area contributed by atoms with E-state index in [-0.39, 0.29) is 5.41 Å². The Labute approximate surface area is 604 Å². The largest absolute Gasteiger partial charge is 0.212 e. The number of nitrogens with zero attached hydrogens (tertiary/aromatic N) is 4. The van der Waals surface area contributed by atoms with E-state index in [1.165, 1.54) is 195 Å². The Morgan fingerprint density at radius 1 is 0.307 bits per heavy atom. The van der Waals surface area contributed by atoms with Crippen LogP contribution in [0.3, 0.4) is 0 Å². The molecule has 4 heterocycles. The standard InChI is InChI=1S/C26H30N.C25H28N.C24H26N.C22H22N/c1-17-16-27(6)25(14-20(17)15-26(3,4)5)21-11-12-23-22-10-8-7-9-19(22)13-24(23)18(21)2;1-17-20(24-14-18(12-13-26(24)5)16-25(2,3)4)10-11-22-21-9-7-6-8-19(21)15-23(17)22;1-15(2)22-13-24(25(5)14-16(22)3)19-10-11-21-20-9-7-6-8-18(20)12-23(21)17(19)4;1-14-11-22(23(4)13-15(14)2)18-9-10-20-19-8-6-5-7-17(19)12-21(20)16(18)3/h7-12,14,16H,13,15H2,1-6H3;6-14H,15-16H2,1-5H3;6-11,13-15H,12H2,1-5H3;5-11,13H,12H2,1-4H3/q4*+1. The molecule has 101 heavy (non-hydrogen) atoms. The van der Waals surface area contributed by atoms with E-state index in [1.54, 1.807) is 0 Å². The third-order valence-corrected chi connectivity index (χ3v) is 22.3. The van der Waals surface area contributed by atoms with Gasteiger partial charge in [0.05, 0.1) is 0 Å². The summed E-state index contributed by atoms with van der Waals surface area (Å²) in [7, 11) is 8.62. The molecule has 0 N–H and O–H groups in total. The number of pyridine rings is 4. The van der Waals surface area contributed by atoms with Crippen LogP contribution in [-0.4, -0.2) is 0 Å². The topological polar surface area (TPSA) is 15.5 Å². The molecule has 4 nitrogen and oxygen atoms in total. The first-order valence-electron chi connectivity index (χ1n) is 36.9. The smallest absolute Gasteiger partial charge is 0.201 e. The Kier molecular flexibility index (Phi) is 19.2. The summed E-state index contributed by atoms with van der Waals surface area (Å²) in [6, 6.07) is 65.5. The van der Waals surface area contributed by atoms with Crippen molar-refractivity contribution in [3.05, 3.63) is 306 Å². The number of hydrogen-bond donors (Lipinski definition) is 0. The molecular weight excluding hydrogens is 1220 g/mol. The fraction of sp³-hybridized carbons (Fsp3) is 0.299. The van der Waals surface area contributed by atoms with Crippen molar-refractivity contribution in [2.24, 2.45) is 39.0 Å². The van der Waals surface area contributed by atoms with Gasteiger partial charge in [0, 0.05) is 69.3 Å². The molecule has 0 saturated heterocycles. The summed E-state index contributed by atoms with van der Waals surface area (Å²) in [4.78, 5) is 0. The Morgan fingerprint density at radius 2 is 0.624 bits per heavy atom. The highest BCUT2D eigenvalue weighted by Crippen LogP contribution is 2.46. The lowest BCUT2D eigenvalue weighted by atomic mass is 9.86. The summed E-state index contributed by atoms with van der Waals surface area (Å²) < 4.78 is 9.07. The minimum atomic E-state index is 0.288. The Morgan fingerprint density at radius 3 is 0.990 bits per heavy atom. The Balaban J connectivity index is 0.000000121. The van der Waals surface area contributed by atoms with Gasteiger partial charge in [-0.1, -0.05) is 177 Å². The third-order valence-electron chi connectivity index (χ3n) is 22.3. The van der Waals surface area contributed by atoms with Gasteiger partial charge in [-0.05, 0) is 268 Å². The van der Waals surface area contributed by atoms with E-state index in [0.717, 1.165) is 38.5 Å². The minimum Gasteiger partial charge on any atom is -0.201 e. The van der Waals surface area contributed by atoms with Crippen LogP contribution in [0.25, 0.3) is 89.5 Å². The van der Waals surface area contributed by atoms with E-state index in [2.05, 4.69) is 358 Å². The number of fused-ring (bicyclic) bond motifs is 12. The molecule has 0 spiro atoms. The highest BCUT2D eigenvalue weighted by molar-refractivity contribution is 5.86. The third kappa shape index (κ3) is 13.9. The maximum Gasteiger partial charge on any atom is 0.212 e. The highest BCUT2D eigenvalue weighted by atomic mass is 14.9. The predicted molar refractivity (Wildman–Crippen MR) is 423 cm³/mol. The first-order valence-corrected chi connectivity index (χ1v) is 36.9. The maximum atomic E-state index is 2.41. The highest BCUT2D eigenvalue weighted by Gasteiger charge is 2.30. The van der Waals surface area contributed by atoms with Gasteiger partial charge in [0.25, 0.3) is 0 Å². The van der Waals surface area contributed by atoms with Gasteiger partial charge in [0.15, 0.2) is 24.8 Å². The second-order valence-electron chi connectivity index (χ2n) is 32.6. The molecule has 16 rings (SSSR count). The molecule has 0 aliphatic heterocycles. The molecule has 0 atom stereocenters. The summed E-state index contributed by atoms with van der Waals surface area (Å²) in [5, 5.41) is 0. The van der Waals surface area contributed by atoms with Crippen molar-refractivity contribution in [2.45, 2.75) is 155 Å². The van der Waals surface area contributed by atoms with Crippen molar-refractivity contribution >= 4 is 0 Å². The molecule has 8 aromatic carbocycles. The number of benzene rings is 8. The number of rotatable bonds is 7. The van der Waals surface area contributed by atoms with Gasteiger partial charge < -0.3 is 0 Å². The number of aryl methyl sites for hydroxylation is 8. The van der Waals surface area contributed by atoms with E-state index in [0.29, 0.717) is 11.3 Å². The van der Waals surface area contributed by atoms with Crippen molar-refractivity contribution < 1.29 is 18.3 Å². The van der Waals surface area contributed by atoms with Crippen molar-refractivity contribution in [1.29, 1.82) is 0 Å². The SMILES string of the molecule is Cc1c(-c2cc(CC(C)(C)C)cc[n+]2C)ccc2c1Cc1ccccc1-2.Cc1c[n+](C)c(-c2ccc3c(c2C)Cc2ccccc2-3)cc1C(C)C.Cc1c[n+](C)c(-c2ccc3c(c2C)Cc2ccccc2-3)cc1CC(C)(C)C.Cc1cc(-c2ccc3c(c2C)Cc2ccccc2-3)[n+](C)cc1C. The van der Waals surface area contributed by atoms with Gasteiger partial charge in [0.2, 0.25) is 22.8 Å². The van der Waals surface area contributed by atoms with Crippen LogP contribution < -0.4 is 18.3 Å². The van der Waals surface area contributed by atoms with Gasteiger partial charge in [-0.2, -0.15) is 0 Å². The molecule has 0 fully saturated rings. The van der Waals surface area contributed by atoms with Crippen LogP contribution in [0.1, 0.15) is 167 Å². The molecule has 0 radical (unpaired) electrons. The summed E-state index contributed by atoms with van der Waals surface area (Å²) >= 11 is 0. The zero-order valence-corrected chi connectivity index (χ0v) is 64.2. The zero-order valence-electron chi connectivity index (χ0n) is 64.2. The second-order valence-corrected chi connectivity index (χ2v) is 32.6. The molecule has 0 unspecified atom stereocenters. The van der Waals surface area contributed by atoms with Crippen LogP contribution in [0.4, 0.5) is 0 Å². The van der Waals surface area contributed by atoms with Crippen molar-refractivity contribution in [3.63, 3.8) is 0 Å². The lowest BCUT2D eigenvalue weighted by Crippen LogP contribution is -2.32. The van der Waals surface area contributed by atoms with Crippen LogP contribution in [0.2, 0.25) is 0 Å². The van der Waals surface area contributed by atoms with Crippen molar-refractivity contribution in [3.8, 4) is 89.5 Å². The normalized spacial score (nSPS) is 12.6. The molecule has 0 saturated carbocycles. The van der Waals surface area contributed by atoms with Crippen LogP contribution in [0.15, 0.2) is 201 Å². The summed E-state index contributed by atoms with van der Waals surface area (Å²) in [6.45, 7) is 36.4. The van der Waals surface area contributed by atoms with Gasteiger partial charge in [0.1, 0.15) is 28.2 Å². The van der Waals surface area contributed by atoms with Crippen LogP contribution >= 0.6 is 0 Å². The van der Waals surface area contributed by atoms with Crippen LogP contribution in [-0.2, 0) is 66.7 Å². The quantitative estimate of drug-likeness (QED) is 0.141.